The molecule has 0 rings (SSSR count). The van der Waals surface area contributed by atoms with Gasteiger partial charge in [-0.2, -0.15) is 0 Å². The van der Waals surface area contributed by atoms with Gasteiger partial charge in [-0.05, 0) is 0 Å². The Morgan fingerprint density at radius 2 is 0.581 bits per heavy atom. The van der Waals surface area contributed by atoms with Crippen molar-refractivity contribution in [2.75, 3.05) is 124 Å². The van der Waals surface area contributed by atoms with Gasteiger partial charge in [0.05, 0.1) is 19.6 Å². The van der Waals surface area contributed by atoms with Crippen molar-refractivity contribution in [1.82, 2.24) is 34.3 Å². The summed E-state index contributed by atoms with van der Waals surface area (Å²) in [4.78, 5) is 29.0. The average molecular weight is 441 g/mol. The molecule has 0 fully saturated rings. The fraction of sp³-hybridized carbons (Fsp3) is 0.857. The second-order valence-corrected chi connectivity index (χ2v) is 8.75. The molecule has 0 atom stereocenters. The summed E-state index contributed by atoms with van der Waals surface area (Å²) >= 11 is 0. The summed E-state index contributed by atoms with van der Waals surface area (Å²) in [5.74, 6) is 2.92. The van der Waals surface area contributed by atoms with Gasteiger partial charge in [-0.3, -0.25) is 19.9 Å². The summed E-state index contributed by atoms with van der Waals surface area (Å²) in [5.41, 5.74) is 0. The summed E-state index contributed by atoms with van der Waals surface area (Å²) in [6.07, 6.45) is 0. The maximum absolute atomic E-state index is 4.78. The van der Waals surface area contributed by atoms with Gasteiger partial charge in [-0.1, -0.05) is 0 Å². The first kappa shape index (κ1) is 28.8. The van der Waals surface area contributed by atoms with Crippen LogP contribution in [0.5, 0.6) is 0 Å². The third-order valence-corrected chi connectivity index (χ3v) is 4.41. The zero-order chi connectivity index (χ0) is 24.1. The zero-order valence-electron chi connectivity index (χ0n) is 22.2. The number of hydrogen-bond donors (Lipinski definition) is 0. The molecule has 10 nitrogen and oxygen atoms in total. The maximum atomic E-state index is 4.78. The molecular weight excluding hydrogens is 392 g/mol. The molecule has 0 N–H and O–H groups in total. The standard InChI is InChI=1S/C21H48N10/c1-25(2)19(26(3)4)22-13-16-31(17-14-23-20(27(5)6)28(7)8)18-15-24-21(29(9)10)30(11)12/h13-18H2,1-12H3. The van der Waals surface area contributed by atoms with Gasteiger partial charge in [0.25, 0.3) is 0 Å². The monoisotopic (exact) mass is 440 g/mol. The number of nitrogens with zero attached hydrogens (tertiary/aromatic N) is 10. The SMILES string of the molecule is CN(C)C(=NCCN(CCN=C(N(C)C)N(C)C)CCN=C(N(C)C)N(C)C)N(C)C. The Hall–Kier alpha value is -2.23. The molecule has 0 aliphatic carbocycles. The van der Waals surface area contributed by atoms with Crippen molar-refractivity contribution in [2.24, 2.45) is 15.0 Å². The number of rotatable bonds is 9. The minimum absolute atomic E-state index is 0.738. The van der Waals surface area contributed by atoms with E-state index in [-0.39, 0.29) is 0 Å². The van der Waals surface area contributed by atoms with E-state index < -0.39 is 0 Å². The van der Waals surface area contributed by atoms with Crippen LogP contribution in [0.3, 0.4) is 0 Å². The van der Waals surface area contributed by atoms with Crippen molar-refractivity contribution >= 4 is 17.9 Å². The van der Waals surface area contributed by atoms with Gasteiger partial charge in [0.2, 0.25) is 0 Å². The molecule has 10 heteroatoms. The quantitative estimate of drug-likeness (QED) is 0.361. The summed E-state index contributed by atoms with van der Waals surface area (Å²) in [6.45, 7) is 4.82. The molecule has 0 heterocycles. The summed E-state index contributed by atoms with van der Waals surface area (Å²) < 4.78 is 0. The number of hydrogen-bond acceptors (Lipinski definition) is 4. The van der Waals surface area contributed by atoms with E-state index in [2.05, 4.69) is 4.90 Å². The molecule has 0 saturated heterocycles. The number of guanidine groups is 3. The van der Waals surface area contributed by atoms with Crippen molar-refractivity contribution in [3.63, 3.8) is 0 Å². The largest absolute Gasteiger partial charge is 0.349 e. The number of aliphatic imine (C=N–C) groups is 3. The molecule has 0 aliphatic heterocycles. The fourth-order valence-electron chi connectivity index (χ4n) is 3.26. The minimum atomic E-state index is 0.738. The van der Waals surface area contributed by atoms with E-state index in [4.69, 9.17) is 15.0 Å². The van der Waals surface area contributed by atoms with Gasteiger partial charge in [0.15, 0.2) is 17.9 Å². The second kappa shape index (κ2) is 14.7. The van der Waals surface area contributed by atoms with E-state index in [1.54, 1.807) is 0 Å². The van der Waals surface area contributed by atoms with Crippen LogP contribution in [0.2, 0.25) is 0 Å². The van der Waals surface area contributed by atoms with Crippen LogP contribution in [0.15, 0.2) is 15.0 Å². The van der Waals surface area contributed by atoms with E-state index in [0.29, 0.717) is 0 Å². The van der Waals surface area contributed by atoms with Crippen molar-refractivity contribution in [3.8, 4) is 0 Å². The van der Waals surface area contributed by atoms with E-state index >= 15 is 0 Å². The summed E-state index contributed by atoms with van der Waals surface area (Å²) in [5, 5.41) is 0. The van der Waals surface area contributed by atoms with Crippen LogP contribution in [0.4, 0.5) is 0 Å². The summed E-state index contributed by atoms with van der Waals surface area (Å²) in [6, 6.07) is 0. The Bertz CT molecular complexity index is 466. The minimum Gasteiger partial charge on any atom is -0.349 e. The Morgan fingerprint density at radius 3 is 0.742 bits per heavy atom. The molecular formula is C21H48N10. The Balaban J connectivity index is 5.22. The van der Waals surface area contributed by atoms with Gasteiger partial charge in [0.1, 0.15) is 0 Å². The smallest absolute Gasteiger partial charge is 0.195 e. The first-order valence-corrected chi connectivity index (χ1v) is 10.8. The van der Waals surface area contributed by atoms with Crippen molar-refractivity contribution < 1.29 is 0 Å². The van der Waals surface area contributed by atoms with E-state index in [0.717, 1.165) is 57.1 Å². The maximum Gasteiger partial charge on any atom is 0.195 e. The van der Waals surface area contributed by atoms with Crippen LogP contribution in [-0.2, 0) is 0 Å². The van der Waals surface area contributed by atoms with E-state index in [1.807, 2.05) is 114 Å². The Morgan fingerprint density at radius 1 is 0.387 bits per heavy atom. The molecule has 0 bridgehead atoms. The first-order valence-electron chi connectivity index (χ1n) is 10.8. The molecule has 0 saturated carbocycles. The zero-order valence-corrected chi connectivity index (χ0v) is 22.2. The van der Waals surface area contributed by atoms with Crippen LogP contribution in [-0.4, -0.2) is 176 Å². The molecule has 0 unspecified atom stereocenters. The molecule has 0 spiro atoms. The van der Waals surface area contributed by atoms with Crippen LogP contribution >= 0.6 is 0 Å². The highest BCUT2D eigenvalue weighted by Crippen LogP contribution is 1.97. The second-order valence-electron chi connectivity index (χ2n) is 8.75. The molecule has 0 aromatic carbocycles. The van der Waals surface area contributed by atoms with Gasteiger partial charge in [0, 0.05) is 104 Å². The summed E-state index contributed by atoms with van der Waals surface area (Å²) in [7, 11) is 24.3. The van der Waals surface area contributed by atoms with Crippen LogP contribution in [0.25, 0.3) is 0 Å². The lowest BCUT2D eigenvalue weighted by Crippen LogP contribution is -2.39. The van der Waals surface area contributed by atoms with Crippen LogP contribution < -0.4 is 0 Å². The molecule has 182 valence electrons. The highest BCUT2D eigenvalue weighted by Gasteiger charge is 2.10. The van der Waals surface area contributed by atoms with Gasteiger partial charge >= 0.3 is 0 Å². The Labute approximate surface area is 191 Å². The fourth-order valence-corrected chi connectivity index (χ4v) is 3.26. The third-order valence-electron chi connectivity index (χ3n) is 4.41. The molecule has 0 aromatic heterocycles. The highest BCUT2D eigenvalue weighted by molar-refractivity contribution is 5.79. The normalized spacial score (nSPS) is 10.4. The van der Waals surface area contributed by atoms with Crippen LogP contribution in [0, 0.1) is 0 Å². The van der Waals surface area contributed by atoms with Crippen molar-refractivity contribution in [3.05, 3.63) is 0 Å². The average Bonchev–Trinajstić information content (AvgIpc) is 2.62. The molecule has 31 heavy (non-hydrogen) atoms. The van der Waals surface area contributed by atoms with Crippen molar-refractivity contribution in [2.45, 2.75) is 0 Å². The highest BCUT2D eigenvalue weighted by atomic mass is 15.4. The van der Waals surface area contributed by atoms with Gasteiger partial charge < -0.3 is 29.4 Å². The Kier molecular flexibility index (Phi) is 13.7. The molecule has 0 amide bonds. The predicted octanol–water partition coefficient (Wildman–Crippen LogP) is -0.274. The predicted molar refractivity (Wildman–Crippen MR) is 135 cm³/mol. The van der Waals surface area contributed by atoms with E-state index in [1.165, 1.54) is 0 Å². The van der Waals surface area contributed by atoms with Crippen LogP contribution in [0.1, 0.15) is 0 Å². The molecule has 0 aliphatic rings. The lowest BCUT2D eigenvalue weighted by molar-refractivity contribution is 0.294. The molecule has 0 radical (unpaired) electrons. The van der Waals surface area contributed by atoms with Crippen molar-refractivity contribution in [1.29, 1.82) is 0 Å². The first-order chi connectivity index (χ1) is 14.4. The third kappa shape index (κ3) is 11.7. The van der Waals surface area contributed by atoms with Gasteiger partial charge in [-0.25, -0.2) is 0 Å². The molecule has 0 aromatic rings. The van der Waals surface area contributed by atoms with Gasteiger partial charge in [-0.15, -0.1) is 0 Å². The lowest BCUT2D eigenvalue weighted by atomic mass is 10.4. The topological polar surface area (TPSA) is 59.8 Å². The van der Waals surface area contributed by atoms with E-state index in [9.17, 15) is 0 Å². The lowest BCUT2D eigenvalue weighted by Gasteiger charge is -2.26.